The van der Waals surface area contributed by atoms with Crippen LogP contribution in [-0.2, 0) is 16.4 Å². The van der Waals surface area contributed by atoms with Gasteiger partial charge in [-0.05, 0) is 31.9 Å². The molecule has 1 atom stereocenters. The van der Waals surface area contributed by atoms with Crippen molar-refractivity contribution in [3.8, 4) is 0 Å². The van der Waals surface area contributed by atoms with Gasteiger partial charge in [-0.25, -0.2) is 13.4 Å². The molecule has 7 heteroatoms. The van der Waals surface area contributed by atoms with E-state index in [0.717, 1.165) is 17.5 Å². The number of aromatic nitrogens is 2. The Morgan fingerprint density at radius 2 is 2.05 bits per heavy atom. The molecule has 22 heavy (non-hydrogen) atoms. The van der Waals surface area contributed by atoms with Crippen molar-refractivity contribution in [2.24, 2.45) is 0 Å². The highest BCUT2D eigenvalue weighted by Crippen LogP contribution is 2.20. The maximum absolute atomic E-state index is 11.2. The highest BCUT2D eigenvalue weighted by atomic mass is 32.2. The molecular formula is C15H23N3O3S. The molecule has 122 valence electrons. The van der Waals surface area contributed by atoms with Crippen LogP contribution in [0.1, 0.15) is 19.8 Å². The van der Waals surface area contributed by atoms with Crippen LogP contribution in [0.25, 0.3) is 11.0 Å². The Hall–Kier alpha value is -1.60. The average Bonchev–Trinajstić information content (AvgIpc) is 2.78. The molecule has 0 fully saturated rings. The predicted octanol–water partition coefficient (Wildman–Crippen LogP) is 1.65. The topological polar surface area (TPSA) is 84.2 Å². The van der Waals surface area contributed by atoms with Crippen molar-refractivity contribution in [2.45, 2.75) is 32.4 Å². The largest absolute Gasteiger partial charge is 0.392 e. The standard InChI is InChI=1S/C15H23N3O3S/c1-12(19)11-16-15-17-13-7-3-4-8-14(13)18(15)9-5-6-10-22(2,20)21/h3-4,7-8,12,19H,5-6,9-11H2,1-2H3,(H,16,17). The number of hydrogen-bond donors (Lipinski definition) is 2. The van der Waals surface area contributed by atoms with Gasteiger partial charge in [0.15, 0.2) is 0 Å². The molecule has 0 aliphatic rings. The van der Waals surface area contributed by atoms with Gasteiger partial charge in [0.05, 0.1) is 17.1 Å². The van der Waals surface area contributed by atoms with Gasteiger partial charge in [0.25, 0.3) is 0 Å². The summed E-state index contributed by atoms with van der Waals surface area (Å²) in [5, 5.41) is 12.6. The second-order valence-corrected chi connectivity index (χ2v) is 7.90. The Morgan fingerprint density at radius 1 is 1.32 bits per heavy atom. The smallest absolute Gasteiger partial charge is 0.203 e. The summed E-state index contributed by atoms with van der Waals surface area (Å²) in [5.41, 5.74) is 1.90. The van der Waals surface area contributed by atoms with Crippen molar-refractivity contribution in [3.05, 3.63) is 24.3 Å². The number of hydrogen-bond acceptors (Lipinski definition) is 5. The van der Waals surface area contributed by atoms with E-state index in [9.17, 15) is 13.5 Å². The third-order valence-corrected chi connectivity index (χ3v) is 4.39. The number of fused-ring (bicyclic) bond motifs is 1. The predicted molar refractivity (Wildman–Crippen MR) is 88.8 cm³/mol. The first kappa shape index (κ1) is 16.8. The molecule has 1 heterocycles. The molecule has 0 aliphatic carbocycles. The first-order chi connectivity index (χ1) is 10.4. The monoisotopic (exact) mass is 325 g/mol. The van der Waals surface area contributed by atoms with Crippen molar-refractivity contribution in [1.82, 2.24) is 9.55 Å². The number of imidazole rings is 1. The van der Waals surface area contributed by atoms with E-state index < -0.39 is 15.9 Å². The summed E-state index contributed by atoms with van der Waals surface area (Å²) in [4.78, 5) is 4.53. The van der Waals surface area contributed by atoms with Gasteiger partial charge in [-0.3, -0.25) is 0 Å². The summed E-state index contributed by atoms with van der Waals surface area (Å²) in [6.07, 6.45) is 2.19. The third-order valence-electron chi connectivity index (χ3n) is 3.36. The van der Waals surface area contributed by atoms with E-state index in [1.54, 1.807) is 6.92 Å². The van der Waals surface area contributed by atoms with Crippen molar-refractivity contribution in [3.63, 3.8) is 0 Å². The number of nitrogens with zero attached hydrogens (tertiary/aromatic N) is 2. The van der Waals surface area contributed by atoms with Gasteiger partial charge in [0, 0.05) is 25.1 Å². The first-order valence-electron chi connectivity index (χ1n) is 7.42. The molecule has 0 saturated heterocycles. The van der Waals surface area contributed by atoms with Gasteiger partial charge in [0.1, 0.15) is 9.84 Å². The molecule has 0 saturated carbocycles. The van der Waals surface area contributed by atoms with Crippen LogP contribution in [-0.4, -0.2) is 47.7 Å². The summed E-state index contributed by atoms with van der Waals surface area (Å²) < 4.78 is 24.4. The molecule has 0 amide bonds. The molecule has 0 spiro atoms. The summed E-state index contributed by atoms with van der Waals surface area (Å²) in [5.74, 6) is 0.914. The quantitative estimate of drug-likeness (QED) is 0.721. The van der Waals surface area contributed by atoms with Crippen LogP contribution >= 0.6 is 0 Å². The number of aliphatic hydroxyl groups is 1. The number of unbranched alkanes of at least 4 members (excludes halogenated alkanes) is 1. The number of anilines is 1. The van der Waals surface area contributed by atoms with E-state index in [2.05, 4.69) is 10.3 Å². The summed E-state index contributed by atoms with van der Waals surface area (Å²) in [7, 11) is -2.91. The molecule has 1 unspecified atom stereocenters. The van der Waals surface area contributed by atoms with E-state index in [1.165, 1.54) is 6.26 Å². The van der Waals surface area contributed by atoms with Gasteiger partial charge < -0.3 is 15.0 Å². The average molecular weight is 325 g/mol. The van der Waals surface area contributed by atoms with Gasteiger partial charge >= 0.3 is 0 Å². The van der Waals surface area contributed by atoms with Crippen LogP contribution in [0.4, 0.5) is 5.95 Å². The van der Waals surface area contributed by atoms with E-state index in [0.29, 0.717) is 25.5 Å². The highest BCUT2D eigenvalue weighted by molar-refractivity contribution is 7.90. The first-order valence-corrected chi connectivity index (χ1v) is 9.48. The SMILES string of the molecule is CC(O)CNc1nc2ccccc2n1CCCCS(C)(=O)=O. The highest BCUT2D eigenvalue weighted by Gasteiger charge is 2.11. The molecule has 2 N–H and O–H groups in total. The Morgan fingerprint density at radius 3 is 2.73 bits per heavy atom. The number of rotatable bonds is 8. The fraction of sp³-hybridized carbons (Fsp3) is 0.533. The summed E-state index contributed by atoms with van der Waals surface area (Å²) in [6.45, 7) is 2.83. The fourth-order valence-corrected chi connectivity index (χ4v) is 3.04. The second-order valence-electron chi connectivity index (χ2n) is 5.64. The van der Waals surface area contributed by atoms with Crippen LogP contribution in [0.5, 0.6) is 0 Å². The third kappa shape index (κ3) is 4.71. The van der Waals surface area contributed by atoms with E-state index in [4.69, 9.17) is 0 Å². The number of sulfone groups is 1. The van der Waals surface area contributed by atoms with Crippen LogP contribution in [0.2, 0.25) is 0 Å². The zero-order chi connectivity index (χ0) is 16.2. The number of para-hydroxylation sites is 2. The lowest BCUT2D eigenvalue weighted by Gasteiger charge is -2.11. The molecule has 2 aromatic rings. The summed E-state index contributed by atoms with van der Waals surface area (Å²) >= 11 is 0. The van der Waals surface area contributed by atoms with Crippen molar-refractivity contribution in [2.75, 3.05) is 23.9 Å². The second kappa shape index (κ2) is 7.11. The minimum absolute atomic E-state index is 0.204. The lowest BCUT2D eigenvalue weighted by Crippen LogP contribution is -2.18. The molecular weight excluding hydrogens is 302 g/mol. The normalized spacial score (nSPS) is 13.4. The van der Waals surface area contributed by atoms with Gasteiger partial charge in [-0.1, -0.05) is 12.1 Å². The minimum atomic E-state index is -2.91. The molecule has 1 aromatic heterocycles. The molecule has 2 rings (SSSR count). The zero-order valence-corrected chi connectivity index (χ0v) is 13.8. The zero-order valence-electron chi connectivity index (χ0n) is 13.0. The van der Waals surface area contributed by atoms with Crippen molar-refractivity contribution >= 4 is 26.8 Å². The van der Waals surface area contributed by atoms with Crippen LogP contribution < -0.4 is 5.32 Å². The Kier molecular flexibility index (Phi) is 5.42. The molecule has 0 aliphatic heterocycles. The van der Waals surface area contributed by atoms with Gasteiger partial charge in [-0.2, -0.15) is 0 Å². The Labute approximate surface area is 131 Å². The number of aryl methyl sites for hydroxylation is 1. The number of benzene rings is 1. The van der Waals surface area contributed by atoms with Gasteiger partial charge in [-0.15, -0.1) is 0 Å². The number of aliphatic hydroxyl groups excluding tert-OH is 1. The molecule has 0 radical (unpaired) electrons. The molecule has 0 bridgehead atoms. The van der Waals surface area contributed by atoms with Crippen LogP contribution in [0.15, 0.2) is 24.3 Å². The van der Waals surface area contributed by atoms with Crippen molar-refractivity contribution < 1.29 is 13.5 Å². The Bertz CT molecular complexity index is 723. The maximum atomic E-state index is 11.2. The Balaban J connectivity index is 2.12. The van der Waals surface area contributed by atoms with Gasteiger partial charge in [0.2, 0.25) is 5.95 Å². The lowest BCUT2D eigenvalue weighted by atomic mass is 10.3. The maximum Gasteiger partial charge on any atom is 0.203 e. The molecule has 1 aromatic carbocycles. The molecule has 6 nitrogen and oxygen atoms in total. The van der Waals surface area contributed by atoms with Crippen LogP contribution in [0.3, 0.4) is 0 Å². The van der Waals surface area contributed by atoms with Crippen molar-refractivity contribution in [1.29, 1.82) is 0 Å². The summed E-state index contributed by atoms with van der Waals surface area (Å²) in [6, 6.07) is 7.82. The van der Waals surface area contributed by atoms with E-state index >= 15 is 0 Å². The minimum Gasteiger partial charge on any atom is -0.392 e. The van der Waals surface area contributed by atoms with E-state index in [1.807, 2.05) is 28.8 Å². The fourth-order valence-electron chi connectivity index (χ4n) is 2.31. The van der Waals surface area contributed by atoms with E-state index in [-0.39, 0.29) is 5.75 Å². The number of nitrogens with one attached hydrogen (secondary N) is 1. The van der Waals surface area contributed by atoms with Crippen LogP contribution in [0, 0.1) is 0 Å². The lowest BCUT2D eigenvalue weighted by molar-refractivity contribution is 0.208.